The van der Waals surface area contributed by atoms with Crippen molar-refractivity contribution < 1.29 is 14.3 Å². The third-order valence-electron chi connectivity index (χ3n) is 5.22. The average Bonchev–Trinajstić information content (AvgIpc) is 3.29. The van der Waals surface area contributed by atoms with Gasteiger partial charge in [-0.25, -0.2) is 4.79 Å². The molecule has 2 heterocycles. The first kappa shape index (κ1) is 23.4. The molecule has 0 saturated carbocycles. The first-order valence-electron chi connectivity index (χ1n) is 10.4. The second-order valence-electron chi connectivity index (χ2n) is 8.71. The zero-order valence-corrected chi connectivity index (χ0v) is 21.6. The highest BCUT2D eigenvalue weighted by molar-refractivity contribution is 9.10. The van der Waals surface area contributed by atoms with Crippen LogP contribution in [0.4, 0.5) is 10.5 Å². The van der Waals surface area contributed by atoms with E-state index in [0.717, 1.165) is 36.3 Å². The molecule has 3 N–H and O–H groups in total. The molecule has 0 bridgehead atoms. The van der Waals surface area contributed by atoms with E-state index in [0.29, 0.717) is 12.1 Å². The van der Waals surface area contributed by atoms with Crippen LogP contribution in [0.25, 0.3) is 21.8 Å². The molecule has 2 aromatic heterocycles. The number of H-pyrrole nitrogens is 1. The predicted molar refractivity (Wildman–Crippen MR) is 138 cm³/mol. The van der Waals surface area contributed by atoms with Crippen molar-refractivity contribution in [3.8, 4) is 0 Å². The third kappa shape index (κ3) is 5.09. The molecule has 2 amide bonds. The Labute approximate surface area is 208 Å². The highest BCUT2D eigenvalue weighted by Crippen LogP contribution is 2.35. The van der Waals surface area contributed by atoms with E-state index in [4.69, 9.17) is 4.74 Å². The monoisotopic (exact) mass is 574 g/mol. The zero-order chi connectivity index (χ0) is 23.8. The summed E-state index contributed by atoms with van der Waals surface area (Å²) in [5.74, 6) is 0. The van der Waals surface area contributed by atoms with Gasteiger partial charge in [-0.05, 0) is 51.1 Å². The lowest BCUT2D eigenvalue weighted by molar-refractivity contribution is -0.105. The number of benzene rings is 2. The lowest BCUT2D eigenvalue weighted by Gasteiger charge is -2.23. The van der Waals surface area contributed by atoms with E-state index in [1.54, 1.807) is 0 Å². The van der Waals surface area contributed by atoms with Gasteiger partial charge in [0.15, 0.2) is 0 Å². The number of halogens is 2. The molecular weight excluding hydrogens is 552 g/mol. The summed E-state index contributed by atoms with van der Waals surface area (Å²) in [6, 6.07) is 11.6. The Morgan fingerprint density at radius 2 is 1.85 bits per heavy atom. The normalized spacial score (nSPS) is 12.6. The fourth-order valence-electron chi connectivity index (χ4n) is 3.91. The molecule has 0 aliphatic carbocycles. The number of aromatic amines is 1. The van der Waals surface area contributed by atoms with Crippen molar-refractivity contribution in [1.82, 2.24) is 14.9 Å². The smallest absolute Gasteiger partial charge is 0.407 e. The number of amides is 2. The summed E-state index contributed by atoms with van der Waals surface area (Å²) in [6.07, 6.45) is 4.02. The highest BCUT2D eigenvalue weighted by Gasteiger charge is 2.24. The van der Waals surface area contributed by atoms with Crippen molar-refractivity contribution in [2.24, 2.45) is 0 Å². The van der Waals surface area contributed by atoms with Crippen molar-refractivity contribution >= 4 is 71.9 Å². The van der Waals surface area contributed by atoms with Crippen molar-refractivity contribution in [3.63, 3.8) is 0 Å². The van der Waals surface area contributed by atoms with Gasteiger partial charge in [-0.1, -0.05) is 37.9 Å². The number of aromatic nitrogens is 2. The molecule has 2 aromatic carbocycles. The molecule has 0 aliphatic heterocycles. The number of hydrogen-bond acceptors (Lipinski definition) is 3. The molecule has 7 nitrogen and oxygen atoms in total. The molecule has 4 aromatic rings. The number of anilines is 1. The summed E-state index contributed by atoms with van der Waals surface area (Å²) < 4.78 is 9.40. The van der Waals surface area contributed by atoms with E-state index in [1.165, 1.54) is 0 Å². The molecule has 0 fully saturated rings. The lowest BCUT2D eigenvalue weighted by atomic mass is 10.1. The molecule has 0 radical (unpaired) electrons. The van der Waals surface area contributed by atoms with Gasteiger partial charge in [0.05, 0.1) is 17.2 Å². The first-order valence-corrected chi connectivity index (χ1v) is 12.0. The minimum absolute atomic E-state index is 0.272. The number of carbonyl (C=O) groups excluding carboxylic acids is 2. The predicted octanol–water partition coefficient (Wildman–Crippen LogP) is 6.33. The van der Waals surface area contributed by atoms with Crippen molar-refractivity contribution in [2.75, 3.05) is 11.9 Å². The van der Waals surface area contributed by atoms with Crippen LogP contribution in [0.1, 0.15) is 32.4 Å². The van der Waals surface area contributed by atoms with Crippen LogP contribution >= 0.6 is 31.9 Å². The van der Waals surface area contributed by atoms with Gasteiger partial charge in [0.2, 0.25) is 6.41 Å². The van der Waals surface area contributed by atoms with Crippen LogP contribution in [-0.2, 0) is 9.53 Å². The summed E-state index contributed by atoms with van der Waals surface area (Å²) in [6.45, 7) is 5.77. The van der Waals surface area contributed by atoms with Crippen LogP contribution in [0, 0.1) is 0 Å². The topological polar surface area (TPSA) is 88.2 Å². The number of hydrogen-bond donors (Lipinski definition) is 3. The molecule has 9 heteroatoms. The van der Waals surface area contributed by atoms with Crippen LogP contribution in [0.3, 0.4) is 0 Å². The quantitative estimate of drug-likeness (QED) is 0.235. The Hall–Kier alpha value is -2.78. The maximum absolute atomic E-state index is 12.5. The Balaban J connectivity index is 1.83. The standard InChI is InChI=1S/C24H24Br2N4O3/c1-24(2,3)33-23(32)28-11-22(18-10-27-19-8-14(25)4-6-16(18)19)30-12-20(29-13-31)17-7-5-15(26)9-21(17)30/h4-10,12-13,22,27H,11H2,1-3H3,(H,28,32)(H,29,31). The zero-order valence-electron chi connectivity index (χ0n) is 18.4. The van der Waals surface area contributed by atoms with Crippen molar-refractivity contribution in [2.45, 2.75) is 32.4 Å². The van der Waals surface area contributed by atoms with Crippen LogP contribution in [0.2, 0.25) is 0 Å². The van der Waals surface area contributed by atoms with Gasteiger partial charge in [0.25, 0.3) is 0 Å². The number of alkyl carbamates (subject to hydrolysis) is 1. The minimum Gasteiger partial charge on any atom is -0.444 e. The minimum atomic E-state index is -0.599. The van der Waals surface area contributed by atoms with Gasteiger partial charge in [0, 0.05) is 49.7 Å². The molecule has 4 rings (SSSR count). The van der Waals surface area contributed by atoms with E-state index >= 15 is 0 Å². The molecular formula is C24H24Br2N4O3. The van der Waals surface area contributed by atoms with E-state index in [2.05, 4.69) is 52.0 Å². The summed E-state index contributed by atoms with van der Waals surface area (Å²) in [5.41, 5.74) is 2.99. The summed E-state index contributed by atoms with van der Waals surface area (Å²) in [7, 11) is 0. The van der Waals surface area contributed by atoms with E-state index in [1.807, 2.05) is 69.6 Å². The third-order valence-corrected chi connectivity index (χ3v) is 6.21. The van der Waals surface area contributed by atoms with Crippen molar-refractivity contribution in [3.05, 3.63) is 63.3 Å². The van der Waals surface area contributed by atoms with Gasteiger partial charge in [-0.15, -0.1) is 0 Å². The van der Waals surface area contributed by atoms with E-state index < -0.39 is 11.7 Å². The van der Waals surface area contributed by atoms with E-state index in [9.17, 15) is 9.59 Å². The fourth-order valence-corrected chi connectivity index (χ4v) is 4.62. The van der Waals surface area contributed by atoms with Gasteiger partial charge in [0.1, 0.15) is 5.60 Å². The number of carbonyl (C=O) groups is 2. The summed E-state index contributed by atoms with van der Waals surface area (Å²) in [4.78, 5) is 27.0. The Kier molecular flexibility index (Phi) is 6.54. The van der Waals surface area contributed by atoms with E-state index in [-0.39, 0.29) is 12.6 Å². The Morgan fingerprint density at radius 1 is 1.15 bits per heavy atom. The second-order valence-corrected chi connectivity index (χ2v) is 10.5. The molecule has 33 heavy (non-hydrogen) atoms. The Morgan fingerprint density at radius 3 is 2.55 bits per heavy atom. The number of nitrogens with zero attached hydrogens (tertiary/aromatic N) is 1. The maximum Gasteiger partial charge on any atom is 0.407 e. The average molecular weight is 576 g/mol. The maximum atomic E-state index is 12.5. The van der Waals surface area contributed by atoms with Crippen LogP contribution in [0.5, 0.6) is 0 Å². The molecule has 172 valence electrons. The van der Waals surface area contributed by atoms with Crippen LogP contribution in [-0.4, -0.2) is 34.2 Å². The SMILES string of the molecule is CC(C)(C)OC(=O)NCC(c1c[nH]c2cc(Br)ccc12)n1cc(NC=O)c2ccc(Br)cc21. The van der Waals surface area contributed by atoms with Crippen LogP contribution in [0.15, 0.2) is 57.7 Å². The number of rotatable bonds is 6. The number of nitrogens with one attached hydrogen (secondary N) is 3. The molecule has 1 atom stereocenters. The highest BCUT2D eigenvalue weighted by atomic mass is 79.9. The summed E-state index contributed by atoms with van der Waals surface area (Å²) >= 11 is 7.07. The fraction of sp³-hybridized carbons (Fsp3) is 0.250. The Bertz CT molecular complexity index is 1340. The molecule has 0 spiro atoms. The first-order chi connectivity index (χ1) is 15.7. The van der Waals surface area contributed by atoms with Gasteiger partial charge in [-0.2, -0.15) is 0 Å². The number of ether oxygens (including phenoxy) is 1. The van der Waals surface area contributed by atoms with Crippen LogP contribution < -0.4 is 10.6 Å². The van der Waals surface area contributed by atoms with Gasteiger partial charge >= 0.3 is 6.09 Å². The van der Waals surface area contributed by atoms with Crippen molar-refractivity contribution in [1.29, 1.82) is 0 Å². The molecule has 1 unspecified atom stereocenters. The summed E-state index contributed by atoms with van der Waals surface area (Å²) in [5, 5.41) is 7.64. The second kappa shape index (κ2) is 9.23. The number of fused-ring (bicyclic) bond motifs is 2. The largest absolute Gasteiger partial charge is 0.444 e. The van der Waals surface area contributed by atoms with Gasteiger partial charge < -0.3 is 24.9 Å². The van der Waals surface area contributed by atoms with Gasteiger partial charge in [-0.3, -0.25) is 4.79 Å². The molecule has 0 aliphatic rings. The molecule has 0 saturated heterocycles. The lowest BCUT2D eigenvalue weighted by Crippen LogP contribution is -2.36.